The van der Waals surface area contributed by atoms with Gasteiger partial charge in [0.1, 0.15) is 11.4 Å². The summed E-state index contributed by atoms with van der Waals surface area (Å²) in [4.78, 5) is 9.32. The standard InChI is InChI=1S/C17H23N3O3/c21-17(16-13-18-14-19-16,23-15-5-2-1-3-6-15)7-4-8-20-9-11-22-12-10-20/h1-3,5-6,13-14,21H,4,7-12H2,(H,18,19). The molecule has 0 radical (unpaired) electrons. The van der Waals surface area contributed by atoms with Gasteiger partial charge in [0, 0.05) is 19.5 Å². The third-order valence-electron chi connectivity index (χ3n) is 4.04. The minimum Gasteiger partial charge on any atom is -0.457 e. The molecule has 2 aromatic rings. The second kappa shape index (κ2) is 7.59. The van der Waals surface area contributed by atoms with Crippen molar-refractivity contribution in [3.05, 3.63) is 48.5 Å². The molecule has 1 fully saturated rings. The minimum atomic E-state index is -1.40. The highest BCUT2D eigenvalue weighted by atomic mass is 16.6. The van der Waals surface area contributed by atoms with Crippen molar-refractivity contribution in [1.82, 2.24) is 14.9 Å². The average Bonchev–Trinajstić information content (AvgIpc) is 3.12. The molecule has 0 aliphatic carbocycles. The maximum atomic E-state index is 11.0. The third-order valence-corrected chi connectivity index (χ3v) is 4.04. The van der Waals surface area contributed by atoms with Crippen LogP contribution in [-0.2, 0) is 10.5 Å². The van der Waals surface area contributed by atoms with E-state index < -0.39 is 5.79 Å². The molecule has 3 rings (SSSR count). The number of hydrogen-bond donors (Lipinski definition) is 2. The second-order valence-electron chi connectivity index (χ2n) is 5.72. The molecule has 1 aromatic heterocycles. The van der Waals surface area contributed by atoms with Crippen LogP contribution < -0.4 is 4.74 Å². The minimum absolute atomic E-state index is 0.488. The number of nitrogens with one attached hydrogen (secondary N) is 1. The number of aromatic nitrogens is 2. The Kier molecular flexibility index (Phi) is 5.27. The molecule has 6 heteroatoms. The molecule has 1 saturated heterocycles. The van der Waals surface area contributed by atoms with Crippen LogP contribution in [0.4, 0.5) is 0 Å². The van der Waals surface area contributed by atoms with Gasteiger partial charge in [-0.3, -0.25) is 4.90 Å². The molecular weight excluding hydrogens is 294 g/mol. The number of hydrogen-bond acceptors (Lipinski definition) is 5. The highest BCUT2D eigenvalue weighted by molar-refractivity contribution is 5.23. The molecule has 1 unspecified atom stereocenters. The highest BCUT2D eigenvalue weighted by Gasteiger charge is 2.33. The van der Waals surface area contributed by atoms with Gasteiger partial charge in [-0.25, -0.2) is 4.98 Å². The van der Waals surface area contributed by atoms with Crippen molar-refractivity contribution < 1.29 is 14.6 Å². The lowest BCUT2D eigenvalue weighted by Gasteiger charge is -2.30. The molecule has 0 bridgehead atoms. The topological polar surface area (TPSA) is 70.6 Å². The van der Waals surface area contributed by atoms with E-state index in [9.17, 15) is 5.11 Å². The number of H-pyrrole nitrogens is 1. The molecular formula is C17H23N3O3. The summed E-state index contributed by atoms with van der Waals surface area (Å²) in [5.74, 6) is -0.764. The van der Waals surface area contributed by atoms with E-state index in [1.807, 2.05) is 30.3 Å². The number of aromatic amines is 1. The smallest absolute Gasteiger partial charge is 0.251 e. The van der Waals surface area contributed by atoms with Gasteiger partial charge in [-0.2, -0.15) is 0 Å². The van der Waals surface area contributed by atoms with Crippen molar-refractivity contribution in [1.29, 1.82) is 0 Å². The molecule has 6 nitrogen and oxygen atoms in total. The van der Waals surface area contributed by atoms with Gasteiger partial charge in [-0.1, -0.05) is 18.2 Å². The summed E-state index contributed by atoms with van der Waals surface area (Å²) in [6.45, 7) is 4.37. The molecule has 1 aliphatic rings. The van der Waals surface area contributed by atoms with Gasteiger partial charge in [0.05, 0.1) is 25.7 Å². The number of para-hydroxylation sites is 1. The number of nitrogens with zero attached hydrogens (tertiary/aromatic N) is 2. The second-order valence-corrected chi connectivity index (χ2v) is 5.72. The summed E-state index contributed by atoms with van der Waals surface area (Å²) in [6.07, 6.45) is 4.47. The van der Waals surface area contributed by atoms with Crippen molar-refractivity contribution >= 4 is 0 Å². The first kappa shape index (κ1) is 16.0. The van der Waals surface area contributed by atoms with Crippen LogP contribution in [0.3, 0.4) is 0 Å². The summed E-state index contributed by atoms with van der Waals surface area (Å²) >= 11 is 0. The molecule has 1 aliphatic heterocycles. The Morgan fingerprint density at radius 1 is 1.26 bits per heavy atom. The van der Waals surface area contributed by atoms with Crippen molar-refractivity contribution in [3.63, 3.8) is 0 Å². The van der Waals surface area contributed by atoms with Crippen LogP contribution in [0.25, 0.3) is 0 Å². The Morgan fingerprint density at radius 2 is 2.04 bits per heavy atom. The summed E-state index contributed by atoms with van der Waals surface area (Å²) in [5, 5.41) is 11.0. The lowest BCUT2D eigenvalue weighted by molar-refractivity contribution is -0.156. The molecule has 124 valence electrons. The van der Waals surface area contributed by atoms with Crippen molar-refractivity contribution in [2.45, 2.75) is 18.6 Å². The average molecular weight is 317 g/mol. The fraction of sp³-hybridized carbons (Fsp3) is 0.471. The quantitative estimate of drug-likeness (QED) is 0.761. The summed E-state index contributed by atoms with van der Waals surface area (Å²) < 4.78 is 11.2. The predicted octanol–water partition coefficient (Wildman–Crippen LogP) is 1.75. The van der Waals surface area contributed by atoms with E-state index in [1.54, 1.807) is 12.5 Å². The Bertz CT molecular complexity index is 570. The number of morpholine rings is 1. The number of benzene rings is 1. The lowest BCUT2D eigenvalue weighted by Crippen LogP contribution is -2.39. The molecule has 0 amide bonds. The third kappa shape index (κ3) is 4.31. The zero-order chi connectivity index (χ0) is 16.0. The fourth-order valence-corrected chi connectivity index (χ4v) is 2.76. The van der Waals surface area contributed by atoms with Gasteiger partial charge in [0.2, 0.25) is 0 Å². The van der Waals surface area contributed by atoms with Gasteiger partial charge in [0.25, 0.3) is 5.79 Å². The molecule has 1 atom stereocenters. The van der Waals surface area contributed by atoms with Crippen molar-refractivity contribution in [2.24, 2.45) is 0 Å². The van der Waals surface area contributed by atoms with E-state index in [0.29, 0.717) is 17.9 Å². The van der Waals surface area contributed by atoms with E-state index in [1.165, 1.54) is 0 Å². The maximum Gasteiger partial charge on any atom is 0.251 e. The molecule has 0 spiro atoms. The Labute approximate surface area is 136 Å². The van der Waals surface area contributed by atoms with E-state index >= 15 is 0 Å². The lowest BCUT2D eigenvalue weighted by atomic mass is 10.1. The first-order valence-electron chi connectivity index (χ1n) is 8.02. The SMILES string of the molecule is OC(CCCN1CCOCC1)(Oc1ccccc1)c1cnc[nH]1. The van der Waals surface area contributed by atoms with E-state index in [-0.39, 0.29) is 0 Å². The molecule has 2 heterocycles. The summed E-state index contributed by atoms with van der Waals surface area (Å²) in [7, 11) is 0. The van der Waals surface area contributed by atoms with E-state index in [4.69, 9.17) is 9.47 Å². The first-order chi connectivity index (χ1) is 11.3. The highest BCUT2D eigenvalue weighted by Crippen LogP contribution is 2.29. The maximum absolute atomic E-state index is 11.0. The van der Waals surface area contributed by atoms with Crippen LogP contribution in [0.2, 0.25) is 0 Å². The Balaban J connectivity index is 1.63. The van der Waals surface area contributed by atoms with E-state index in [2.05, 4.69) is 14.9 Å². The predicted molar refractivity (Wildman–Crippen MR) is 86.0 cm³/mol. The van der Waals surface area contributed by atoms with Gasteiger partial charge in [0.15, 0.2) is 0 Å². The van der Waals surface area contributed by atoms with E-state index in [0.717, 1.165) is 39.3 Å². The van der Waals surface area contributed by atoms with Gasteiger partial charge >= 0.3 is 0 Å². The van der Waals surface area contributed by atoms with Crippen molar-refractivity contribution in [3.8, 4) is 5.75 Å². The Morgan fingerprint density at radius 3 is 2.74 bits per heavy atom. The van der Waals surface area contributed by atoms with Crippen LogP contribution in [0.15, 0.2) is 42.9 Å². The Hall–Kier alpha value is -1.89. The van der Waals surface area contributed by atoms with Gasteiger partial charge < -0.3 is 19.6 Å². The number of rotatable bonds is 7. The first-order valence-corrected chi connectivity index (χ1v) is 8.02. The number of ether oxygens (including phenoxy) is 2. The molecule has 0 saturated carbocycles. The van der Waals surface area contributed by atoms with Crippen LogP contribution in [0.1, 0.15) is 18.5 Å². The number of aliphatic hydroxyl groups is 1. The molecule has 23 heavy (non-hydrogen) atoms. The fourth-order valence-electron chi connectivity index (χ4n) is 2.76. The van der Waals surface area contributed by atoms with Gasteiger partial charge in [-0.05, 0) is 25.1 Å². The van der Waals surface area contributed by atoms with Crippen LogP contribution >= 0.6 is 0 Å². The zero-order valence-corrected chi connectivity index (χ0v) is 13.1. The van der Waals surface area contributed by atoms with Gasteiger partial charge in [-0.15, -0.1) is 0 Å². The van der Waals surface area contributed by atoms with Crippen LogP contribution in [0.5, 0.6) is 5.75 Å². The monoisotopic (exact) mass is 317 g/mol. The summed E-state index contributed by atoms with van der Waals surface area (Å²) in [6, 6.07) is 9.36. The van der Waals surface area contributed by atoms with Crippen molar-refractivity contribution in [2.75, 3.05) is 32.8 Å². The zero-order valence-electron chi connectivity index (χ0n) is 13.1. The van der Waals surface area contributed by atoms with Crippen LogP contribution in [0, 0.1) is 0 Å². The van der Waals surface area contributed by atoms with Crippen LogP contribution in [-0.4, -0.2) is 52.8 Å². The molecule has 1 aromatic carbocycles. The normalized spacial score (nSPS) is 18.5. The molecule has 2 N–H and O–H groups in total. The summed E-state index contributed by atoms with van der Waals surface area (Å²) in [5.41, 5.74) is 0.573. The largest absolute Gasteiger partial charge is 0.457 e. The number of imidazole rings is 1.